The van der Waals surface area contributed by atoms with E-state index in [4.69, 9.17) is 0 Å². The van der Waals surface area contributed by atoms with E-state index in [-0.39, 0.29) is 11.7 Å². The van der Waals surface area contributed by atoms with Crippen molar-refractivity contribution in [2.45, 2.75) is 25.5 Å². The summed E-state index contributed by atoms with van der Waals surface area (Å²) in [5.41, 5.74) is 1.60. The van der Waals surface area contributed by atoms with E-state index >= 15 is 0 Å². The number of hydrogen-bond donors (Lipinski definition) is 2. The van der Waals surface area contributed by atoms with Crippen molar-refractivity contribution in [3.05, 3.63) is 57.5 Å². The van der Waals surface area contributed by atoms with Crippen LogP contribution < -0.4 is 0 Å². The molecule has 0 bridgehead atoms. The molecule has 0 saturated carbocycles. The Bertz CT molecular complexity index is 693. The second-order valence-electron chi connectivity index (χ2n) is 6.19. The normalized spacial score (nSPS) is 17.8. The van der Waals surface area contributed by atoms with E-state index in [0.717, 1.165) is 37.1 Å². The number of benzene rings is 1. The molecule has 1 aliphatic rings. The molecule has 0 amide bonds. The molecular weight excluding hydrogens is 329 g/mol. The first-order chi connectivity index (χ1) is 11.5. The van der Waals surface area contributed by atoms with Gasteiger partial charge in [-0.05, 0) is 66.6 Å². The number of halogens is 1. The number of rotatable bonds is 5. The highest BCUT2D eigenvalue weighted by Gasteiger charge is 2.27. The molecule has 4 nitrogen and oxygen atoms in total. The molecule has 1 atom stereocenters. The van der Waals surface area contributed by atoms with Gasteiger partial charge in [-0.2, -0.15) is 0 Å². The number of carboxylic acid groups (broad SMARTS) is 1. The maximum Gasteiger partial charge on any atom is 0.346 e. The lowest BCUT2D eigenvalue weighted by Crippen LogP contribution is -2.35. The lowest BCUT2D eigenvalue weighted by Gasteiger charge is -2.34. The molecule has 1 fully saturated rings. The van der Waals surface area contributed by atoms with Crippen LogP contribution in [0.15, 0.2) is 35.7 Å². The molecule has 0 spiro atoms. The fraction of sp³-hybridized carbons (Fsp3) is 0.389. The zero-order chi connectivity index (χ0) is 17.1. The van der Waals surface area contributed by atoms with E-state index in [9.17, 15) is 19.4 Å². The molecule has 24 heavy (non-hydrogen) atoms. The van der Waals surface area contributed by atoms with Crippen LogP contribution in [0.2, 0.25) is 0 Å². The van der Waals surface area contributed by atoms with Crippen LogP contribution in [0.5, 0.6) is 0 Å². The zero-order valence-corrected chi connectivity index (χ0v) is 14.0. The van der Waals surface area contributed by atoms with Gasteiger partial charge in [-0.25, -0.2) is 9.18 Å². The van der Waals surface area contributed by atoms with Crippen molar-refractivity contribution in [1.82, 2.24) is 4.90 Å². The largest absolute Gasteiger partial charge is 0.477 e. The Morgan fingerprint density at radius 1 is 1.25 bits per heavy atom. The average Bonchev–Trinajstić information content (AvgIpc) is 3.04. The second kappa shape index (κ2) is 7.42. The van der Waals surface area contributed by atoms with Crippen LogP contribution in [0.4, 0.5) is 4.39 Å². The van der Waals surface area contributed by atoms with Crippen LogP contribution in [0.1, 0.15) is 39.7 Å². The number of likely N-dealkylation sites (tertiary alicyclic amines) is 1. The molecule has 2 aromatic rings. The third-order valence-electron chi connectivity index (χ3n) is 4.63. The number of aliphatic hydroxyl groups is 1. The molecule has 2 N–H and O–H groups in total. The third-order valence-corrected chi connectivity index (χ3v) is 5.57. The monoisotopic (exact) mass is 349 g/mol. The van der Waals surface area contributed by atoms with Gasteiger partial charge in [0.2, 0.25) is 0 Å². The number of carboxylic acids is 1. The van der Waals surface area contributed by atoms with Gasteiger partial charge in [-0.1, -0.05) is 12.1 Å². The summed E-state index contributed by atoms with van der Waals surface area (Å²) < 4.78 is 13.0. The SMILES string of the molecule is O=C(O)c1sccc1CN1CCC(C(O)c2ccc(F)cc2)CC1. The van der Waals surface area contributed by atoms with Gasteiger partial charge in [0.05, 0.1) is 6.10 Å². The second-order valence-corrected chi connectivity index (χ2v) is 7.11. The van der Waals surface area contributed by atoms with E-state index < -0.39 is 12.1 Å². The third kappa shape index (κ3) is 3.83. The van der Waals surface area contributed by atoms with Gasteiger partial charge in [0.25, 0.3) is 0 Å². The van der Waals surface area contributed by atoms with Crippen molar-refractivity contribution in [1.29, 1.82) is 0 Å². The summed E-state index contributed by atoms with van der Waals surface area (Å²) in [6.07, 6.45) is 1.10. The lowest BCUT2D eigenvalue weighted by molar-refractivity contribution is 0.0564. The van der Waals surface area contributed by atoms with Crippen LogP contribution in [0.3, 0.4) is 0 Å². The van der Waals surface area contributed by atoms with Gasteiger partial charge in [0, 0.05) is 6.54 Å². The van der Waals surface area contributed by atoms with Crippen LogP contribution in [0, 0.1) is 11.7 Å². The summed E-state index contributed by atoms with van der Waals surface area (Å²) in [7, 11) is 0. The van der Waals surface area contributed by atoms with Crippen LogP contribution in [-0.2, 0) is 6.54 Å². The van der Waals surface area contributed by atoms with Gasteiger partial charge >= 0.3 is 5.97 Å². The van der Waals surface area contributed by atoms with Crippen molar-refractivity contribution in [3.63, 3.8) is 0 Å². The van der Waals surface area contributed by atoms with E-state index in [1.54, 1.807) is 12.1 Å². The average molecular weight is 349 g/mol. The Balaban J connectivity index is 1.56. The molecular formula is C18H20FNO3S. The maximum absolute atomic E-state index is 13.0. The molecule has 128 valence electrons. The van der Waals surface area contributed by atoms with Gasteiger partial charge in [0.1, 0.15) is 10.7 Å². The number of aromatic carboxylic acids is 1. The first kappa shape index (κ1) is 17.1. The minimum Gasteiger partial charge on any atom is -0.477 e. The number of thiophene rings is 1. The molecule has 1 unspecified atom stereocenters. The summed E-state index contributed by atoms with van der Waals surface area (Å²) in [6, 6.07) is 7.89. The molecule has 1 saturated heterocycles. The fourth-order valence-electron chi connectivity index (χ4n) is 3.25. The summed E-state index contributed by atoms with van der Waals surface area (Å²) in [6.45, 7) is 2.26. The van der Waals surface area contributed by atoms with E-state index in [1.165, 1.54) is 23.5 Å². The fourth-order valence-corrected chi connectivity index (χ4v) is 4.00. The Labute approximate surface area is 144 Å². The van der Waals surface area contributed by atoms with Crippen molar-refractivity contribution in [3.8, 4) is 0 Å². The van der Waals surface area contributed by atoms with Crippen molar-refractivity contribution < 1.29 is 19.4 Å². The zero-order valence-electron chi connectivity index (χ0n) is 13.2. The standard InChI is InChI=1S/C18H20FNO3S/c19-15-3-1-12(2-4-15)16(21)13-5-8-20(9-6-13)11-14-7-10-24-17(14)18(22)23/h1-4,7,10,13,16,21H,5-6,8-9,11H2,(H,22,23). The molecule has 1 aromatic heterocycles. The highest BCUT2D eigenvalue weighted by atomic mass is 32.1. The molecule has 6 heteroatoms. The molecule has 2 heterocycles. The number of piperidine rings is 1. The van der Waals surface area contributed by atoms with Crippen molar-refractivity contribution in [2.75, 3.05) is 13.1 Å². The van der Waals surface area contributed by atoms with Crippen LogP contribution in [-0.4, -0.2) is 34.2 Å². The van der Waals surface area contributed by atoms with E-state index in [2.05, 4.69) is 4.90 Å². The number of carbonyl (C=O) groups is 1. The summed E-state index contributed by atoms with van der Waals surface area (Å²) in [5, 5.41) is 21.5. The van der Waals surface area contributed by atoms with Gasteiger partial charge in [-0.15, -0.1) is 11.3 Å². The highest BCUT2D eigenvalue weighted by molar-refractivity contribution is 7.12. The smallest absolute Gasteiger partial charge is 0.346 e. The first-order valence-electron chi connectivity index (χ1n) is 8.00. The summed E-state index contributed by atoms with van der Waals surface area (Å²) >= 11 is 1.25. The quantitative estimate of drug-likeness (QED) is 0.867. The molecule has 1 aromatic carbocycles. The molecule has 1 aliphatic heterocycles. The highest BCUT2D eigenvalue weighted by Crippen LogP contribution is 2.31. The minimum absolute atomic E-state index is 0.146. The summed E-state index contributed by atoms with van der Waals surface area (Å²) in [4.78, 5) is 13.8. The number of aliphatic hydroxyl groups excluding tert-OH is 1. The Kier molecular flexibility index (Phi) is 5.28. The number of nitrogens with zero attached hydrogens (tertiary/aromatic N) is 1. The van der Waals surface area contributed by atoms with Crippen LogP contribution in [0.25, 0.3) is 0 Å². The predicted octanol–water partition coefficient (Wildman–Crippen LogP) is 3.53. The lowest BCUT2D eigenvalue weighted by atomic mass is 9.87. The topological polar surface area (TPSA) is 60.8 Å². The van der Waals surface area contributed by atoms with Crippen LogP contribution >= 0.6 is 11.3 Å². The molecule has 0 radical (unpaired) electrons. The predicted molar refractivity (Wildman–Crippen MR) is 90.6 cm³/mol. The van der Waals surface area contributed by atoms with Gasteiger partial charge in [-0.3, -0.25) is 4.90 Å². The molecule has 3 rings (SSSR count). The summed E-state index contributed by atoms with van der Waals surface area (Å²) in [5.74, 6) is -1.03. The Hall–Kier alpha value is -1.76. The van der Waals surface area contributed by atoms with Crippen molar-refractivity contribution in [2.24, 2.45) is 5.92 Å². The maximum atomic E-state index is 13.0. The van der Waals surface area contributed by atoms with Crippen molar-refractivity contribution >= 4 is 17.3 Å². The first-order valence-corrected chi connectivity index (χ1v) is 8.88. The number of hydrogen-bond acceptors (Lipinski definition) is 4. The Morgan fingerprint density at radius 2 is 1.92 bits per heavy atom. The minimum atomic E-state index is -0.874. The van der Waals surface area contributed by atoms with E-state index in [1.807, 2.05) is 11.4 Å². The van der Waals surface area contributed by atoms with E-state index in [0.29, 0.717) is 11.4 Å². The molecule has 0 aliphatic carbocycles. The van der Waals surface area contributed by atoms with Gasteiger partial charge in [0.15, 0.2) is 0 Å². The van der Waals surface area contributed by atoms with Gasteiger partial charge < -0.3 is 10.2 Å². The Morgan fingerprint density at radius 3 is 2.54 bits per heavy atom.